The Hall–Kier alpha value is -3.34. The molecule has 1 heterocycles. The van der Waals surface area contributed by atoms with Gasteiger partial charge >= 0.3 is 0 Å². The molecule has 0 radical (unpaired) electrons. The molecule has 1 N–H and O–H groups in total. The zero-order valence-electron chi connectivity index (χ0n) is 15.1. The number of benzene rings is 2. The van der Waals surface area contributed by atoms with Gasteiger partial charge in [0, 0.05) is 28.2 Å². The van der Waals surface area contributed by atoms with Crippen LogP contribution in [0.4, 0.5) is 0 Å². The Morgan fingerprint density at radius 3 is 2.31 bits per heavy atom. The second-order valence-corrected chi connectivity index (χ2v) is 5.94. The predicted octanol–water partition coefficient (Wildman–Crippen LogP) is 3.87. The summed E-state index contributed by atoms with van der Waals surface area (Å²) >= 11 is 0. The maximum Gasteiger partial charge on any atom is 0.271 e. The molecule has 0 saturated heterocycles. The predicted molar refractivity (Wildman–Crippen MR) is 103 cm³/mol. The van der Waals surface area contributed by atoms with E-state index in [-0.39, 0.29) is 5.91 Å². The molecule has 3 rings (SSSR count). The second kappa shape index (κ2) is 7.70. The van der Waals surface area contributed by atoms with Gasteiger partial charge in [0.05, 0.1) is 13.3 Å². The second-order valence-electron chi connectivity index (χ2n) is 5.94. The molecule has 1 amide bonds. The lowest BCUT2D eigenvalue weighted by atomic mass is 10.2. The quantitative estimate of drug-likeness (QED) is 0.563. The molecule has 0 bridgehead atoms. The monoisotopic (exact) mass is 347 g/mol. The number of aryl methyl sites for hydroxylation is 2. The van der Waals surface area contributed by atoms with E-state index in [9.17, 15) is 4.79 Å². The molecule has 5 nitrogen and oxygen atoms in total. The maximum atomic E-state index is 12.3. The number of aromatic nitrogens is 1. The molecule has 0 fully saturated rings. The Morgan fingerprint density at radius 2 is 1.65 bits per heavy atom. The zero-order valence-corrected chi connectivity index (χ0v) is 15.1. The van der Waals surface area contributed by atoms with Crippen molar-refractivity contribution in [1.82, 2.24) is 9.99 Å². The van der Waals surface area contributed by atoms with Crippen molar-refractivity contribution in [2.45, 2.75) is 13.8 Å². The third kappa shape index (κ3) is 3.67. The number of para-hydroxylation sites is 1. The van der Waals surface area contributed by atoms with E-state index in [4.69, 9.17) is 4.74 Å². The van der Waals surface area contributed by atoms with Gasteiger partial charge in [0.1, 0.15) is 5.75 Å². The fourth-order valence-electron chi connectivity index (χ4n) is 2.84. The van der Waals surface area contributed by atoms with Crippen LogP contribution < -0.4 is 10.2 Å². The van der Waals surface area contributed by atoms with Crippen molar-refractivity contribution >= 4 is 12.1 Å². The Balaban J connectivity index is 1.70. The van der Waals surface area contributed by atoms with Gasteiger partial charge in [-0.1, -0.05) is 12.1 Å². The maximum absolute atomic E-state index is 12.3. The van der Waals surface area contributed by atoms with Crippen LogP contribution in [0, 0.1) is 13.8 Å². The van der Waals surface area contributed by atoms with Crippen molar-refractivity contribution in [3.05, 3.63) is 83.2 Å². The molecule has 132 valence electrons. The van der Waals surface area contributed by atoms with Gasteiger partial charge in [-0.3, -0.25) is 4.79 Å². The van der Waals surface area contributed by atoms with Crippen molar-refractivity contribution < 1.29 is 9.53 Å². The van der Waals surface area contributed by atoms with Gasteiger partial charge < -0.3 is 9.30 Å². The first kappa shape index (κ1) is 17.5. The molecule has 0 saturated carbocycles. The van der Waals surface area contributed by atoms with E-state index in [2.05, 4.69) is 41.1 Å². The summed E-state index contributed by atoms with van der Waals surface area (Å²) in [6.45, 7) is 4.11. The van der Waals surface area contributed by atoms with Crippen LogP contribution in [0.15, 0.2) is 65.8 Å². The summed E-state index contributed by atoms with van der Waals surface area (Å²) in [6.07, 6.45) is 1.57. The number of nitrogens with zero attached hydrogens (tertiary/aromatic N) is 2. The number of nitrogens with one attached hydrogen (secondary N) is 1. The topological polar surface area (TPSA) is 55.6 Å². The van der Waals surface area contributed by atoms with E-state index in [0.29, 0.717) is 11.3 Å². The lowest BCUT2D eigenvalue weighted by Gasteiger charge is -2.10. The van der Waals surface area contributed by atoms with Crippen molar-refractivity contribution in [2.75, 3.05) is 7.11 Å². The van der Waals surface area contributed by atoms with E-state index in [1.807, 2.05) is 36.4 Å². The third-order valence-electron chi connectivity index (χ3n) is 4.17. The van der Waals surface area contributed by atoms with Gasteiger partial charge in [0.2, 0.25) is 0 Å². The van der Waals surface area contributed by atoms with E-state index < -0.39 is 0 Å². The number of hydrogen-bond acceptors (Lipinski definition) is 3. The van der Waals surface area contributed by atoms with Gasteiger partial charge in [-0.15, -0.1) is 0 Å². The standard InChI is InChI=1S/C21H21N3O2/c1-15-8-9-16(2)24(15)19-12-10-17(11-13-19)21(25)23-22-14-18-6-4-5-7-20(18)26-3/h4-14H,1-3H3,(H,23,25). The highest BCUT2D eigenvalue weighted by Crippen LogP contribution is 2.17. The number of hydrogen-bond donors (Lipinski definition) is 1. The van der Waals surface area contributed by atoms with Crippen LogP contribution >= 0.6 is 0 Å². The first-order valence-electron chi connectivity index (χ1n) is 8.32. The van der Waals surface area contributed by atoms with Crippen LogP contribution in [0.2, 0.25) is 0 Å². The van der Waals surface area contributed by atoms with Crippen LogP contribution in [0.5, 0.6) is 5.75 Å². The minimum absolute atomic E-state index is 0.261. The van der Waals surface area contributed by atoms with E-state index in [1.54, 1.807) is 25.5 Å². The Morgan fingerprint density at radius 1 is 1.00 bits per heavy atom. The molecule has 0 aliphatic carbocycles. The van der Waals surface area contributed by atoms with Crippen LogP contribution in [-0.4, -0.2) is 23.8 Å². The summed E-state index contributed by atoms with van der Waals surface area (Å²) in [5, 5.41) is 4.02. The van der Waals surface area contributed by atoms with Gasteiger partial charge in [-0.05, 0) is 62.4 Å². The minimum Gasteiger partial charge on any atom is -0.496 e. The molecule has 3 aromatic rings. The highest BCUT2D eigenvalue weighted by Gasteiger charge is 2.07. The number of methoxy groups -OCH3 is 1. The van der Waals surface area contributed by atoms with E-state index in [1.165, 1.54) is 0 Å². The average molecular weight is 347 g/mol. The van der Waals surface area contributed by atoms with Crippen molar-refractivity contribution in [2.24, 2.45) is 5.10 Å². The highest BCUT2D eigenvalue weighted by molar-refractivity contribution is 5.95. The summed E-state index contributed by atoms with van der Waals surface area (Å²) in [5.74, 6) is 0.441. The molecular weight excluding hydrogens is 326 g/mol. The molecule has 5 heteroatoms. The van der Waals surface area contributed by atoms with Crippen molar-refractivity contribution in [1.29, 1.82) is 0 Å². The molecular formula is C21H21N3O2. The van der Waals surface area contributed by atoms with Crippen LogP contribution in [0.3, 0.4) is 0 Å². The van der Waals surface area contributed by atoms with Gasteiger partial charge in [-0.2, -0.15) is 5.10 Å². The van der Waals surface area contributed by atoms with Gasteiger partial charge in [0.25, 0.3) is 5.91 Å². The molecule has 0 spiro atoms. The lowest BCUT2D eigenvalue weighted by molar-refractivity contribution is 0.0955. The first-order chi connectivity index (χ1) is 12.6. The summed E-state index contributed by atoms with van der Waals surface area (Å²) in [5.41, 5.74) is 7.22. The van der Waals surface area contributed by atoms with Crippen LogP contribution in [0.25, 0.3) is 5.69 Å². The molecule has 0 aliphatic rings. The highest BCUT2D eigenvalue weighted by atomic mass is 16.5. The fourth-order valence-corrected chi connectivity index (χ4v) is 2.84. The van der Waals surface area contributed by atoms with Crippen molar-refractivity contribution in [3.8, 4) is 11.4 Å². The summed E-state index contributed by atoms with van der Waals surface area (Å²) in [7, 11) is 1.60. The molecule has 0 unspecified atom stereocenters. The number of carbonyl (C=O) groups is 1. The van der Waals surface area contributed by atoms with Crippen LogP contribution in [-0.2, 0) is 0 Å². The summed E-state index contributed by atoms with van der Waals surface area (Å²) in [6, 6.07) is 19.1. The first-order valence-corrected chi connectivity index (χ1v) is 8.32. The Labute approximate surface area is 152 Å². The molecule has 26 heavy (non-hydrogen) atoms. The normalized spacial score (nSPS) is 10.9. The van der Waals surface area contributed by atoms with E-state index in [0.717, 1.165) is 22.6 Å². The molecule has 1 aromatic heterocycles. The zero-order chi connectivity index (χ0) is 18.5. The lowest BCUT2D eigenvalue weighted by Crippen LogP contribution is -2.17. The number of rotatable bonds is 5. The third-order valence-corrected chi connectivity index (χ3v) is 4.17. The van der Waals surface area contributed by atoms with Crippen LogP contribution in [0.1, 0.15) is 27.3 Å². The SMILES string of the molecule is COc1ccccc1C=NNC(=O)c1ccc(-n2c(C)ccc2C)cc1. The Bertz CT molecular complexity index is 921. The summed E-state index contributed by atoms with van der Waals surface area (Å²) < 4.78 is 7.39. The summed E-state index contributed by atoms with van der Waals surface area (Å²) in [4.78, 5) is 12.3. The Kier molecular flexibility index (Phi) is 5.17. The van der Waals surface area contributed by atoms with Gasteiger partial charge in [0.15, 0.2) is 0 Å². The number of amides is 1. The van der Waals surface area contributed by atoms with E-state index >= 15 is 0 Å². The van der Waals surface area contributed by atoms with Crippen molar-refractivity contribution in [3.63, 3.8) is 0 Å². The molecule has 0 atom stereocenters. The molecule has 2 aromatic carbocycles. The van der Waals surface area contributed by atoms with Gasteiger partial charge in [-0.25, -0.2) is 5.43 Å². The number of carbonyl (C=O) groups excluding carboxylic acids is 1. The minimum atomic E-state index is -0.261. The fraction of sp³-hybridized carbons (Fsp3) is 0.143. The average Bonchev–Trinajstić information content (AvgIpc) is 3.00. The smallest absolute Gasteiger partial charge is 0.271 e. The molecule has 0 aliphatic heterocycles. The number of hydrazone groups is 1. The number of ether oxygens (including phenoxy) is 1. The largest absolute Gasteiger partial charge is 0.496 e.